The van der Waals surface area contributed by atoms with E-state index in [1.165, 1.54) is 21.3 Å². The molecule has 18 heavy (non-hydrogen) atoms. The molecule has 0 saturated carbocycles. The SMILES string of the molecule is CC(CCN)c1nc2c([nH]1)Cc1c(Br)cccc1-2. The van der Waals surface area contributed by atoms with Gasteiger partial charge in [0.25, 0.3) is 0 Å². The van der Waals surface area contributed by atoms with Crippen molar-refractivity contribution in [1.29, 1.82) is 0 Å². The van der Waals surface area contributed by atoms with Gasteiger partial charge >= 0.3 is 0 Å². The van der Waals surface area contributed by atoms with Crippen LogP contribution in [0.2, 0.25) is 0 Å². The van der Waals surface area contributed by atoms with Gasteiger partial charge in [0.1, 0.15) is 5.82 Å². The fourth-order valence-electron chi connectivity index (χ4n) is 2.54. The Kier molecular flexibility index (Phi) is 2.99. The van der Waals surface area contributed by atoms with Crippen LogP contribution in [0.4, 0.5) is 0 Å². The number of benzene rings is 1. The van der Waals surface area contributed by atoms with Gasteiger partial charge in [0.2, 0.25) is 0 Å². The normalized spacial score (nSPS) is 14.4. The van der Waals surface area contributed by atoms with Gasteiger partial charge in [-0.05, 0) is 24.6 Å². The molecule has 1 heterocycles. The molecule has 0 fully saturated rings. The first kappa shape index (κ1) is 11.9. The lowest BCUT2D eigenvalue weighted by atomic mass is 10.1. The number of nitrogens with two attached hydrogens (primary N) is 1. The van der Waals surface area contributed by atoms with Crippen LogP contribution in [0.1, 0.15) is 36.3 Å². The minimum absolute atomic E-state index is 0.399. The summed E-state index contributed by atoms with van der Waals surface area (Å²) in [5.74, 6) is 1.47. The molecule has 1 aromatic heterocycles. The van der Waals surface area contributed by atoms with Gasteiger partial charge in [-0.3, -0.25) is 0 Å². The third-order valence-electron chi connectivity index (χ3n) is 3.59. The van der Waals surface area contributed by atoms with Crippen LogP contribution >= 0.6 is 15.9 Å². The van der Waals surface area contributed by atoms with E-state index >= 15 is 0 Å². The Morgan fingerprint density at radius 3 is 3.11 bits per heavy atom. The van der Waals surface area contributed by atoms with E-state index in [9.17, 15) is 0 Å². The predicted molar refractivity (Wildman–Crippen MR) is 76.6 cm³/mol. The molecule has 3 rings (SSSR count). The van der Waals surface area contributed by atoms with Gasteiger partial charge in [-0.25, -0.2) is 4.98 Å². The molecule has 3 nitrogen and oxygen atoms in total. The van der Waals surface area contributed by atoms with Crippen molar-refractivity contribution in [2.75, 3.05) is 6.54 Å². The highest BCUT2D eigenvalue weighted by Gasteiger charge is 2.25. The van der Waals surface area contributed by atoms with Gasteiger partial charge in [-0.2, -0.15) is 0 Å². The highest BCUT2D eigenvalue weighted by Crippen LogP contribution is 2.39. The van der Waals surface area contributed by atoms with Gasteiger partial charge in [0, 0.05) is 28.1 Å². The summed E-state index contributed by atoms with van der Waals surface area (Å²) in [6.07, 6.45) is 1.91. The summed E-state index contributed by atoms with van der Waals surface area (Å²) in [5, 5.41) is 0. The summed E-state index contributed by atoms with van der Waals surface area (Å²) in [4.78, 5) is 8.22. The number of hydrogen-bond donors (Lipinski definition) is 2. The van der Waals surface area contributed by atoms with E-state index in [1.807, 2.05) is 0 Å². The molecule has 0 spiro atoms. The molecule has 2 aromatic rings. The van der Waals surface area contributed by atoms with E-state index in [-0.39, 0.29) is 0 Å². The van der Waals surface area contributed by atoms with Crippen LogP contribution < -0.4 is 5.73 Å². The van der Waals surface area contributed by atoms with Crippen LogP contribution in [0.25, 0.3) is 11.3 Å². The van der Waals surface area contributed by atoms with Gasteiger partial charge in [-0.15, -0.1) is 0 Å². The maximum Gasteiger partial charge on any atom is 0.109 e. The van der Waals surface area contributed by atoms with Crippen molar-refractivity contribution >= 4 is 15.9 Å². The van der Waals surface area contributed by atoms with Crippen LogP contribution in [0.5, 0.6) is 0 Å². The minimum atomic E-state index is 0.399. The Balaban J connectivity index is 2.01. The first-order valence-electron chi connectivity index (χ1n) is 6.27. The summed E-state index contributed by atoms with van der Waals surface area (Å²) in [7, 11) is 0. The smallest absolute Gasteiger partial charge is 0.109 e. The Labute approximate surface area is 115 Å². The maximum atomic E-state index is 5.61. The van der Waals surface area contributed by atoms with E-state index in [2.05, 4.69) is 46.0 Å². The molecule has 0 saturated heterocycles. The summed E-state index contributed by atoms with van der Waals surface area (Å²) in [5.41, 5.74) is 10.5. The largest absolute Gasteiger partial charge is 0.345 e. The zero-order valence-corrected chi connectivity index (χ0v) is 11.9. The van der Waals surface area contributed by atoms with Gasteiger partial charge in [0.05, 0.1) is 5.69 Å². The number of fused-ring (bicyclic) bond motifs is 3. The molecular formula is C14H16BrN3. The quantitative estimate of drug-likeness (QED) is 0.781. The molecule has 0 bridgehead atoms. The predicted octanol–water partition coefficient (Wildman–Crippen LogP) is 3.20. The van der Waals surface area contributed by atoms with E-state index in [1.54, 1.807) is 0 Å². The second-order valence-corrected chi connectivity index (χ2v) is 5.72. The molecule has 1 aliphatic carbocycles. The Morgan fingerprint density at radius 1 is 1.50 bits per heavy atom. The number of nitrogens with zero attached hydrogens (tertiary/aromatic N) is 1. The second kappa shape index (κ2) is 4.52. The Hall–Kier alpha value is -1.13. The summed E-state index contributed by atoms with van der Waals surface area (Å²) in [6.45, 7) is 2.87. The van der Waals surface area contributed by atoms with E-state index in [0.717, 1.165) is 24.4 Å². The van der Waals surface area contributed by atoms with Crippen LogP contribution in [0.3, 0.4) is 0 Å². The lowest BCUT2D eigenvalue weighted by molar-refractivity contribution is 0.653. The van der Waals surface area contributed by atoms with Gasteiger partial charge in [-0.1, -0.05) is 35.0 Å². The number of H-pyrrole nitrogens is 1. The van der Waals surface area contributed by atoms with Crippen molar-refractivity contribution in [2.24, 2.45) is 5.73 Å². The van der Waals surface area contributed by atoms with Crippen molar-refractivity contribution in [3.63, 3.8) is 0 Å². The molecule has 3 N–H and O–H groups in total. The van der Waals surface area contributed by atoms with Crippen LogP contribution in [0.15, 0.2) is 22.7 Å². The molecule has 0 aliphatic heterocycles. The fraction of sp³-hybridized carbons (Fsp3) is 0.357. The third kappa shape index (κ3) is 1.80. The second-order valence-electron chi connectivity index (χ2n) is 4.87. The minimum Gasteiger partial charge on any atom is -0.345 e. The van der Waals surface area contributed by atoms with E-state index in [4.69, 9.17) is 10.7 Å². The third-order valence-corrected chi connectivity index (χ3v) is 4.33. The summed E-state index contributed by atoms with van der Waals surface area (Å²) < 4.78 is 1.17. The first-order chi connectivity index (χ1) is 8.70. The molecular weight excluding hydrogens is 290 g/mol. The van der Waals surface area contributed by atoms with Gasteiger partial charge in [0.15, 0.2) is 0 Å². The van der Waals surface area contributed by atoms with Crippen molar-refractivity contribution < 1.29 is 0 Å². The molecule has 94 valence electrons. The number of aromatic amines is 1. The maximum absolute atomic E-state index is 5.61. The summed E-state index contributed by atoms with van der Waals surface area (Å²) in [6, 6.07) is 6.29. The Morgan fingerprint density at radius 2 is 2.33 bits per heavy atom. The zero-order chi connectivity index (χ0) is 12.7. The van der Waals surface area contributed by atoms with Crippen molar-refractivity contribution in [3.8, 4) is 11.3 Å². The monoisotopic (exact) mass is 305 g/mol. The van der Waals surface area contributed by atoms with Crippen LogP contribution in [0, 0.1) is 0 Å². The highest BCUT2D eigenvalue weighted by molar-refractivity contribution is 9.10. The molecule has 1 atom stereocenters. The van der Waals surface area contributed by atoms with E-state index in [0.29, 0.717) is 12.5 Å². The lowest BCUT2D eigenvalue weighted by Gasteiger charge is -2.07. The number of imidazole rings is 1. The van der Waals surface area contributed by atoms with Crippen LogP contribution in [-0.2, 0) is 6.42 Å². The molecule has 0 amide bonds. The lowest BCUT2D eigenvalue weighted by Crippen LogP contribution is -2.06. The number of aromatic nitrogens is 2. The molecule has 1 aromatic carbocycles. The number of halogens is 1. The van der Waals surface area contributed by atoms with Gasteiger partial charge < -0.3 is 10.7 Å². The molecule has 1 aliphatic rings. The van der Waals surface area contributed by atoms with Crippen molar-refractivity contribution in [1.82, 2.24) is 9.97 Å². The Bertz CT molecular complexity index is 589. The number of rotatable bonds is 3. The average molecular weight is 306 g/mol. The van der Waals surface area contributed by atoms with Crippen molar-refractivity contribution in [2.45, 2.75) is 25.7 Å². The zero-order valence-electron chi connectivity index (χ0n) is 10.3. The highest BCUT2D eigenvalue weighted by atomic mass is 79.9. The first-order valence-corrected chi connectivity index (χ1v) is 7.06. The fourth-order valence-corrected chi connectivity index (χ4v) is 3.04. The van der Waals surface area contributed by atoms with Crippen molar-refractivity contribution in [3.05, 3.63) is 39.8 Å². The molecule has 0 radical (unpaired) electrons. The topological polar surface area (TPSA) is 54.7 Å². The standard InChI is InChI=1S/C14H16BrN3/c1-8(5-6-16)14-17-12-7-10-9(13(12)18-14)3-2-4-11(10)15/h2-4,8H,5-7,16H2,1H3,(H,17,18). The number of hydrogen-bond acceptors (Lipinski definition) is 2. The van der Waals surface area contributed by atoms with Crippen LogP contribution in [-0.4, -0.2) is 16.5 Å². The van der Waals surface area contributed by atoms with E-state index < -0.39 is 0 Å². The summed E-state index contributed by atoms with van der Waals surface area (Å²) >= 11 is 3.61. The average Bonchev–Trinajstić information content (AvgIpc) is 2.88. The number of nitrogens with one attached hydrogen (secondary N) is 1. The molecule has 1 unspecified atom stereocenters. The molecule has 4 heteroatoms.